The van der Waals surface area contributed by atoms with E-state index in [-0.39, 0.29) is 18.3 Å². The van der Waals surface area contributed by atoms with Gasteiger partial charge in [0, 0.05) is 18.6 Å². The average Bonchev–Trinajstić information content (AvgIpc) is 3.16. The number of ether oxygens (including phenoxy) is 11. The number of hydrogen-bond donors (Lipinski definition) is 0. The first-order valence-corrected chi connectivity index (χ1v) is 19.4. The second kappa shape index (κ2) is 39.2. The molecular formula is C38H67NO14. The maximum Gasteiger partial charge on any atom is 0.305 e. The summed E-state index contributed by atoms with van der Waals surface area (Å²) < 4.78 is 59.9. The number of rotatable bonds is 42. The Morgan fingerprint density at radius 2 is 0.792 bits per heavy atom. The number of unbranched alkanes of at least 4 members (excludes halogenated alkanes) is 8. The highest BCUT2D eigenvalue weighted by molar-refractivity contribution is 5.69. The molecule has 0 heterocycles. The van der Waals surface area contributed by atoms with Gasteiger partial charge in [-0.3, -0.25) is 14.9 Å². The van der Waals surface area contributed by atoms with Crippen LogP contribution in [0.15, 0.2) is 24.3 Å². The molecule has 0 amide bonds. The van der Waals surface area contributed by atoms with E-state index in [0.717, 1.165) is 12.8 Å². The van der Waals surface area contributed by atoms with Crippen molar-refractivity contribution in [3.05, 3.63) is 34.4 Å². The zero-order valence-electron chi connectivity index (χ0n) is 32.2. The van der Waals surface area contributed by atoms with Crippen molar-refractivity contribution < 1.29 is 61.8 Å². The van der Waals surface area contributed by atoms with E-state index in [9.17, 15) is 14.9 Å². The minimum Gasteiger partial charge on any atom is -0.491 e. The third-order valence-electron chi connectivity index (χ3n) is 7.50. The topological polar surface area (TPSA) is 162 Å². The molecule has 0 spiro atoms. The number of non-ortho nitro benzene ring substituents is 1. The van der Waals surface area contributed by atoms with E-state index < -0.39 is 4.92 Å². The van der Waals surface area contributed by atoms with Gasteiger partial charge in [-0.25, -0.2) is 0 Å². The van der Waals surface area contributed by atoms with Crippen LogP contribution in [0.25, 0.3) is 0 Å². The van der Waals surface area contributed by atoms with Gasteiger partial charge in [0.25, 0.3) is 5.69 Å². The van der Waals surface area contributed by atoms with Gasteiger partial charge in [0.2, 0.25) is 0 Å². The highest BCUT2D eigenvalue weighted by Gasteiger charge is 2.05. The Labute approximate surface area is 316 Å². The van der Waals surface area contributed by atoms with Crippen molar-refractivity contribution in [3.63, 3.8) is 0 Å². The molecule has 0 aliphatic carbocycles. The number of carbonyl (C=O) groups excluding carboxylic acids is 1. The van der Waals surface area contributed by atoms with E-state index in [2.05, 4.69) is 6.92 Å². The number of carbonyl (C=O) groups is 1. The van der Waals surface area contributed by atoms with Gasteiger partial charge in [-0.15, -0.1) is 0 Å². The molecule has 0 aliphatic rings. The lowest BCUT2D eigenvalue weighted by atomic mass is 10.1. The quantitative estimate of drug-likeness (QED) is 0.0351. The Kier molecular flexibility index (Phi) is 35.9. The molecule has 0 aliphatic heterocycles. The van der Waals surface area contributed by atoms with Gasteiger partial charge in [-0.05, 0) is 18.6 Å². The second-order valence-electron chi connectivity index (χ2n) is 11.9. The van der Waals surface area contributed by atoms with Crippen LogP contribution >= 0.6 is 0 Å². The zero-order valence-corrected chi connectivity index (χ0v) is 32.2. The molecule has 1 rings (SSSR count). The van der Waals surface area contributed by atoms with E-state index >= 15 is 0 Å². The van der Waals surface area contributed by atoms with Crippen LogP contribution in [-0.4, -0.2) is 143 Å². The number of nitrogens with zero attached hydrogens (tertiary/aromatic N) is 1. The molecule has 0 N–H and O–H groups in total. The first kappa shape index (κ1) is 48.5. The minimum absolute atomic E-state index is 0.0239. The summed E-state index contributed by atoms with van der Waals surface area (Å²) in [5.74, 6) is 0.411. The van der Waals surface area contributed by atoms with Crippen LogP contribution in [0.5, 0.6) is 5.75 Å². The third-order valence-corrected chi connectivity index (χ3v) is 7.50. The third kappa shape index (κ3) is 35.0. The van der Waals surface area contributed by atoms with Crippen LogP contribution in [0.1, 0.15) is 71.1 Å². The maximum absolute atomic E-state index is 11.8. The summed E-state index contributed by atoms with van der Waals surface area (Å²) in [7, 11) is 0. The molecule has 0 aromatic heterocycles. The Morgan fingerprint density at radius 1 is 0.472 bits per heavy atom. The Hall–Kier alpha value is -2.47. The molecule has 308 valence electrons. The van der Waals surface area contributed by atoms with Crippen molar-refractivity contribution in [1.29, 1.82) is 0 Å². The van der Waals surface area contributed by atoms with Crippen LogP contribution in [0.4, 0.5) is 5.69 Å². The normalized spacial score (nSPS) is 11.3. The number of hydrogen-bond acceptors (Lipinski definition) is 14. The smallest absolute Gasteiger partial charge is 0.305 e. The van der Waals surface area contributed by atoms with Crippen molar-refractivity contribution in [2.75, 3.05) is 132 Å². The van der Waals surface area contributed by atoms with Gasteiger partial charge < -0.3 is 52.1 Å². The van der Waals surface area contributed by atoms with Crippen molar-refractivity contribution in [1.82, 2.24) is 0 Å². The standard InChI is InChI=1S/C38H67NO14/c1-2-3-4-5-6-7-8-9-10-11-38(40)53-35-33-51-31-29-49-27-25-47-23-21-45-19-17-43-16-18-44-20-22-46-24-26-48-28-30-50-32-34-52-37-14-12-36(13-15-37)39(41)42/h12-15H,2-11,16-35H2,1H3. The van der Waals surface area contributed by atoms with Gasteiger partial charge >= 0.3 is 5.97 Å². The average molecular weight is 762 g/mol. The minimum atomic E-state index is -0.452. The largest absolute Gasteiger partial charge is 0.491 e. The van der Waals surface area contributed by atoms with Crippen molar-refractivity contribution >= 4 is 11.7 Å². The first-order chi connectivity index (χ1) is 26.1. The van der Waals surface area contributed by atoms with Crippen LogP contribution in [-0.2, 0) is 52.2 Å². The summed E-state index contributed by atoms with van der Waals surface area (Å²) in [5.41, 5.74) is 0.0239. The Morgan fingerprint density at radius 3 is 1.15 bits per heavy atom. The summed E-state index contributed by atoms with van der Waals surface area (Å²) in [6.45, 7) is 11.1. The summed E-state index contributed by atoms with van der Waals surface area (Å²) >= 11 is 0. The highest BCUT2D eigenvalue weighted by Crippen LogP contribution is 2.17. The second-order valence-corrected chi connectivity index (χ2v) is 11.9. The predicted molar refractivity (Wildman–Crippen MR) is 199 cm³/mol. The number of nitro benzene ring substituents is 1. The number of benzene rings is 1. The molecule has 53 heavy (non-hydrogen) atoms. The van der Waals surface area contributed by atoms with Crippen molar-refractivity contribution in [2.24, 2.45) is 0 Å². The molecular weight excluding hydrogens is 694 g/mol. The molecule has 0 saturated heterocycles. The SMILES string of the molecule is CCCCCCCCCCCC(=O)OCCOCCOCCOCCOCCOCCOCCOCCOCCOCCOc1ccc([N+](=O)[O-])cc1. The Bertz CT molecular complexity index is 940. The molecule has 0 bridgehead atoms. The van der Waals surface area contributed by atoms with Gasteiger partial charge in [0.05, 0.1) is 124 Å². The summed E-state index contributed by atoms with van der Waals surface area (Å²) in [5, 5.41) is 10.6. The van der Waals surface area contributed by atoms with Crippen LogP contribution in [0.2, 0.25) is 0 Å². The van der Waals surface area contributed by atoms with E-state index in [1.807, 2.05) is 0 Å². The molecule has 0 saturated carbocycles. The fourth-order valence-corrected chi connectivity index (χ4v) is 4.61. The van der Waals surface area contributed by atoms with Gasteiger partial charge in [0.15, 0.2) is 0 Å². The molecule has 1 aromatic rings. The van der Waals surface area contributed by atoms with Crippen LogP contribution < -0.4 is 4.74 Å². The fourth-order valence-electron chi connectivity index (χ4n) is 4.61. The molecule has 0 unspecified atom stereocenters. The summed E-state index contributed by atoms with van der Waals surface area (Å²) in [6.07, 6.45) is 11.5. The predicted octanol–water partition coefficient (Wildman–Crippen LogP) is 5.59. The van der Waals surface area contributed by atoms with Crippen LogP contribution in [0.3, 0.4) is 0 Å². The maximum atomic E-state index is 11.8. The first-order valence-electron chi connectivity index (χ1n) is 19.4. The zero-order chi connectivity index (χ0) is 38.1. The van der Waals surface area contributed by atoms with Gasteiger partial charge in [0.1, 0.15) is 19.0 Å². The van der Waals surface area contributed by atoms with E-state index in [0.29, 0.717) is 138 Å². The molecule has 0 fully saturated rings. The number of esters is 1. The fraction of sp³-hybridized carbons (Fsp3) is 0.816. The lowest BCUT2D eigenvalue weighted by Gasteiger charge is -2.09. The van der Waals surface area contributed by atoms with Crippen LogP contribution in [0, 0.1) is 10.1 Å². The van der Waals surface area contributed by atoms with E-state index in [1.165, 1.54) is 57.1 Å². The Balaban J connectivity index is 1.66. The van der Waals surface area contributed by atoms with Gasteiger partial charge in [-0.1, -0.05) is 58.3 Å². The molecule has 15 nitrogen and oxygen atoms in total. The summed E-state index contributed by atoms with van der Waals surface area (Å²) in [6, 6.07) is 5.91. The molecule has 15 heteroatoms. The number of nitro groups is 1. The van der Waals surface area contributed by atoms with E-state index in [4.69, 9.17) is 52.1 Å². The molecule has 0 radical (unpaired) electrons. The summed E-state index contributed by atoms with van der Waals surface area (Å²) in [4.78, 5) is 22.0. The van der Waals surface area contributed by atoms with Gasteiger partial charge in [-0.2, -0.15) is 0 Å². The monoisotopic (exact) mass is 761 g/mol. The lowest BCUT2D eigenvalue weighted by molar-refractivity contribution is -0.384. The van der Waals surface area contributed by atoms with Crippen molar-refractivity contribution in [2.45, 2.75) is 71.1 Å². The van der Waals surface area contributed by atoms with E-state index in [1.54, 1.807) is 12.1 Å². The highest BCUT2D eigenvalue weighted by atomic mass is 16.6. The molecule has 0 atom stereocenters. The lowest BCUT2D eigenvalue weighted by Crippen LogP contribution is -2.15. The molecule has 1 aromatic carbocycles. The van der Waals surface area contributed by atoms with Crippen molar-refractivity contribution in [3.8, 4) is 5.75 Å².